The van der Waals surface area contributed by atoms with E-state index in [1.54, 1.807) is 23.0 Å². The summed E-state index contributed by atoms with van der Waals surface area (Å²) in [7, 11) is 0. The average molecular weight is 350 g/mol. The highest BCUT2D eigenvalue weighted by atomic mass is 35.5. The predicted octanol–water partition coefficient (Wildman–Crippen LogP) is 1.32. The second-order valence-electron chi connectivity index (χ2n) is 4.85. The first-order valence-electron chi connectivity index (χ1n) is 7.47. The van der Waals surface area contributed by atoms with Gasteiger partial charge >= 0.3 is 0 Å². The largest absolute Gasteiger partial charge is 0.477 e. The van der Waals surface area contributed by atoms with E-state index in [1.807, 2.05) is 13.8 Å². The molecule has 3 aromatic heterocycles. The van der Waals surface area contributed by atoms with Crippen LogP contribution in [0.5, 0.6) is 5.88 Å². The van der Waals surface area contributed by atoms with Gasteiger partial charge in [0.1, 0.15) is 0 Å². The number of nitrogens with zero attached hydrogens (tertiary/aromatic N) is 6. The summed E-state index contributed by atoms with van der Waals surface area (Å²) in [6.45, 7) is 5.06. The van der Waals surface area contributed by atoms with Gasteiger partial charge in [-0.15, -0.1) is 15.3 Å². The Morgan fingerprint density at radius 1 is 1.29 bits per heavy atom. The molecule has 1 amide bonds. The summed E-state index contributed by atoms with van der Waals surface area (Å²) in [6.07, 6.45) is 1.61. The molecule has 0 atom stereocenters. The molecule has 3 heterocycles. The summed E-state index contributed by atoms with van der Waals surface area (Å²) in [5.74, 6) is 0.554. The third-order valence-electron chi connectivity index (χ3n) is 3.26. The van der Waals surface area contributed by atoms with Crippen molar-refractivity contribution in [2.75, 3.05) is 6.61 Å². The van der Waals surface area contributed by atoms with Crippen molar-refractivity contribution < 1.29 is 9.53 Å². The van der Waals surface area contributed by atoms with E-state index < -0.39 is 0 Å². The first-order valence-corrected chi connectivity index (χ1v) is 7.85. The third kappa shape index (κ3) is 3.16. The number of halogens is 1. The number of carbonyl (C=O) groups excluding carboxylic acids is 1. The maximum absolute atomic E-state index is 12.2. The van der Waals surface area contributed by atoms with Gasteiger partial charge in [0.15, 0.2) is 17.2 Å². The summed E-state index contributed by atoms with van der Waals surface area (Å²) in [6, 6.07) is 3.46. The molecule has 10 heteroatoms. The number of aryl methyl sites for hydroxylation is 1. The van der Waals surface area contributed by atoms with Gasteiger partial charge in [0.2, 0.25) is 5.88 Å². The van der Waals surface area contributed by atoms with Crippen LogP contribution in [0, 0.1) is 0 Å². The Morgan fingerprint density at radius 2 is 2.12 bits per heavy atom. The van der Waals surface area contributed by atoms with Gasteiger partial charge in [0.05, 0.1) is 18.2 Å². The molecule has 0 spiro atoms. The van der Waals surface area contributed by atoms with E-state index in [2.05, 4.69) is 25.7 Å². The smallest absolute Gasteiger partial charge is 0.273 e. The van der Waals surface area contributed by atoms with E-state index in [-0.39, 0.29) is 18.1 Å². The van der Waals surface area contributed by atoms with Crippen LogP contribution < -0.4 is 10.1 Å². The van der Waals surface area contributed by atoms with Gasteiger partial charge in [-0.25, -0.2) is 0 Å². The summed E-state index contributed by atoms with van der Waals surface area (Å²) in [4.78, 5) is 12.2. The van der Waals surface area contributed by atoms with Crippen molar-refractivity contribution in [3.8, 4) is 5.88 Å². The van der Waals surface area contributed by atoms with Crippen LogP contribution in [0.2, 0.25) is 5.02 Å². The number of fused-ring (bicyclic) bond motifs is 1. The van der Waals surface area contributed by atoms with Crippen molar-refractivity contribution in [1.29, 1.82) is 0 Å². The number of amides is 1. The zero-order valence-electron chi connectivity index (χ0n) is 13.2. The Balaban J connectivity index is 1.76. The molecular weight excluding hydrogens is 334 g/mol. The molecule has 0 unspecified atom stereocenters. The van der Waals surface area contributed by atoms with E-state index in [0.29, 0.717) is 35.5 Å². The fourth-order valence-electron chi connectivity index (χ4n) is 2.11. The van der Waals surface area contributed by atoms with Crippen LogP contribution in [0.1, 0.15) is 30.2 Å². The van der Waals surface area contributed by atoms with Crippen molar-refractivity contribution in [1.82, 2.24) is 34.9 Å². The zero-order chi connectivity index (χ0) is 17.1. The number of hydrogen-bond donors (Lipinski definition) is 1. The first-order chi connectivity index (χ1) is 11.6. The van der Waals surface area contributed by atoms with Crippen molar-refractivity contribution in [3.63, 3.8) is 0 Å². The van der Waals surface area contributed by atoms with Crippen molar-refractivity contribution >= 4 is 23.2 Å². The Morgan fingerprint density at radius 3 is 2.83 bits per heavy atom. The summed E-state index contributed by atoms with van der Waals surface area (Å²) in [5, 5.41) is 19.5. The third-order valence-corrected chi connectivity index (χ3v) is 3.53. The fourth-order valence-corrected chi connectivity index (χ4v) is 2.34. The van der Waals surface area contributed by atoms with Crippen LogP contribution in [-0.2, 0) is 13.1 Å². The quantitative estimate of drug-likeness (QED) is 0.720. The molecule has 24 heavy (non-hydrogen) atoms. The Labute approximate surface area is 142 Å². The van der Waals surface area contributed by atoms with E-state index in [0.717, 1.165) is 0 Å². The number of ether oxygens (including phenoxy) is 1. The van der Waals surface area contributed by atoms with Crippen LogP contribution >= 0.6 is 11.6 Å². The summed E-state index contributed by atoms with van der Waals surface area (Å²) in [5.41, 5.74) is 0.742. The lowest BCUT2D eigenvalue weighted by molar-refractivity contribution is 0.0944. The van der Waals surface area contributed by atoms with E-state index in [1.165, 1.54) is 4.52 Å². The van der Waals surface area contributed by atoms with Gasteiger partial charge in [0, 0.05) is 18.8 Å². The number of nitrogens with one attached hydrogen (secondary N) is 1. The zero-order valence-corrected chi connectivity index (χ0v) is 14.0. The topological polar surface area (TPSA) is 99.2 Å². The molecule has 9 nitrogen and oxygen atoms in total. The molecule has 0 saturated carbocycles. The van der Waals surface area contributed by atoms with Crippen molar-refractivity contribution in [2.45, 2.75) is 26.9 Å². The minimum atomic E-state index is -0.384. The molecule has 0 aliphatic rings. The summed E-state index contributed by atoms with van der Waals surface area (Å²) >= 11 is 6.02. The molecule has 126 valence electrons. The second kappa shape index (κ2) is 6.83. The molecule has 0 radical (unpaired) electrons. The Hall–Kier alpha value is -2.68. The minimum absolute atomic E-state index is 0.137. The van der Waals surface area contributed by atoms with Crippen molar-refractivity contribution in [3.05, 3.63) is 34.9 Å². The van der Waals surface area contributed by atoms with Crippen LogP contribution in [0.4, 0.5) is 0 Å². The molecule has 0 saturated heterocycles. The lowest BCUT2D eigenvalue weighted by Gasteiger charge is -2.04. The number of hydrogen-bond acceptors (Lipinski definition) is 6. The molecule has 0 bridgehead atoms. The normalized spacial score (nSPS) is 11.0. The SMILES string of the molecule is CCOc1ccc2nnc(CNC(=O)c3nn(CC)cc3Cl)n2n1. The lowest BCUT2D eigenvalue weighted by atomic mass is 10.4. The van der Waals surface area contributed by atoms with Crippen LogP contribution in [0.3, 0.4) is 0 Å². The summed E-state index contributed by atoms with van der Waals surface area (Å²) < 4.78 is 8.48. The Bertz CT molecular complexity index is 873. The molecule has 0 aromatic carbocycles. The van der Waals surface area contributed by atoms with Gasteiger partial charge in [-0.1, -0.05) is 11.6 Å². The molecule has 3 rings (SSSR count). The highest BCUT2D eigenvalue weighted by Crippen LogP contribution is 2.14. The van der Waals surface area contributed by atoms with Gasteiger partial charge in [0.25, 0.3) is 5.91 Å². The standard InChI is InChI=1S/C14H16ClN7O2/c1-3-21-8-9(15)13(20-21)14(23)16-7-11-18-17-10-5-6-12(24-4-2)19-22(10)11/h5-6,8H,3-4,7H2,1-2H3,(H,16,23). The number of carbonyl (C=O) groups is 1. The fraction of sp³-hybridized carbons (Fsp3) is 0.357. The molecular formula is C14H16ClN7O2. The van der Waals surface area contributed by atoms with Gasteiger partial charge in [-0.2, -0.15) is 9.61 Å². The maximum atomic E-state index is 12.2. The second-order valence-corrected chi connectivity index (χ2v) is 5.26. The van der Waals surface area contributed by atoms with Crippen molar-refractivity contribution in [2.24, 2.45) is 0 Å². The monoisotopic (exact) mass is 349 g/mol. The molecule has 1 N–H and O–H groups in total. The van der Waals surface area contributed by atoms with E-state index in [9.17, 15) is 4.79 Å². The molecule has 3 aromatic rings. The van der Waals surface area contributed by atoms with Gasteiger partial charge in [-0.3, -0.25) is 9.48 Å². The highest BCUT2D eigenvalue weighted by molar-refractivity contribution is 6.33. The highest BCUT2D eigenvalue weighted by Gasteiger charge is 2.16. The maximum Gasteiger partial charge on any atom is 0.273 e. The van der Waals surface area contributed by atoms with Crippen LogP contribution in [0.25, 0.3) is 5.65 Å². The Kier molecular flexibility index (Phi) is 4.61. The first kappa shape index (κ1) is 16.2. The number of aromatic nitrogens is 6. The predicted molar refractivity (Wildman–Crippen MR) is 86.0 cm³/mol. The van der Waals surface area contributed by atoms with Gasteiger partial charge < -0.3 is 10.1 Å². The molecule has 0 aliphatic carbocycles. The molecule has 0 fully saturated rings. The average Bonchev–Trinajstić information content (AvgIpc) is 3.16. The minimum Gasteiger partial charge on any atom is -0.477 e. The number of rotatable bonds is 6. The van der Waals surface area contributed by atoms with E-state index >= 15 is 0 Å². The van der Waals surface area contributed by atoms with Crippen LogP contribution in [0.15, 0.2) is 18.3 Å². The lowest BCUT2D eigenvalue weighted by Crippen LogP contribution is -2.25. The van der Waals surface area contributed by atoms with Crippen LogP contribution in [-0.4, -0.2) is 42.1 Å². The van der Waals surface area contributed by atoms with Gasteiger partial charge in [-0.05, 0) is 19.9 Å². The van der Waals surface area contributed by atoms with E-state index in [4.69, 9.17) is 16.3 Å². The molecule has 0 aliphatic heterocycles.